The quantitative estimate of drug-likeness (QED) is 0.734. The average Bonchev–Trinajstić information content (AvgIpc) is 2.30. The SMILES string of the molecule is Cc1nnn(NCC(C)C)c1C. The van der Waals surface area contributed by atoms with E-state index in [2.05, 4.69) is 29.6 Å². The lowest BCUT2D eigenvalue weighted by atomic mass is 10.2. The highest BCUT2D eigenvalue weighted by atomic mass is 15.6. The van der Waals surface area contributed by atoms with Crippen molar-refractivity contribution in [2.75, 3.05) is 12.0 Å². The zero-order valence-electron chi connectivity index (χ0n) is 8.13. The molecule has 1 heterocycles. The van der Waals surface area contributed by atoms with E-state index in [1.165, 1.54) is 0 Å². The molecule has 0 amide bonds. The molecule has 0 fully saturated rings. The summed E-state index contributed by atoms with van der Waals surface area (Å²) >= 11 is 0. The second-order valence-electron chi connectivity index (χ2n) is 3.43. The van der Waals surface area contributed by atoms with Crippen LogP contribution in [0.25, 0.3) is 0 Å². The number of aryl methyl sites for hydroxylation is 1. The highest BCUT2D eigenvalue weighted by Gasteiger charge is 2.02. The first kappa shape index (κ1) is 9.03. The van der Waals surface area contributed by atoms with E-state index < -0.39 is 0 Å². The van der Waals surface area contributed by atoms with Crippen molar-refractivity contribution in [2.45, 2.75) is 27.7 Å². The molecule has 0 aliphatic carbocycles. The van der Waals surface area contributed by atoms with Crippen LogP contribution in [0, 0.1) is 19.8 Å². The number of nitrogens with one attached hydrogen (secondary N) is 1. The Morgan fingerprint density at radius 2 is 2.08 bits per heavy atom. The van der Waals surface area contributed by atoms with Gasteiger partial charge in [0.1, 0.15) is 0 Å². The van der Waals surface area contributed by atoms with Gasteiger partial charge in [-0.1, -0.05) is 13.8 Å². The van der Waals surface area contributed by atoms with Crippen molar-refractivity contribution >= 4 is 0 Å². The molecule has 0 atom stereocenters. The molecule has 1 aromatic heterocycles. The largest absolute Gasteiger partial charge is 0.308 e. The van der Waals surface area contributed by atoms with Crippen LogP contribution in [0.2, 0.25) is 0 Å². The molecule has 0 radical (unpaired) electrons. The molecule has 0 bridgehead atoms. The van der Waals surface area contributed by atoms with Crippen molar-refractivity contribution in [3.8, 4) is 0 Å². The van der Waals surface area contributed by atoms with Gasteiger partial charge in [-0.3, -0.25) is 0 Å². The van der Waals surface area contributed by atoms with Crippen LogP contribution in [0.5, 0.6) is 0 Å². The molecule has 0 aromatic carbocycles. The van der Waals surface area contributed by atoms with Crippen molar-refractivity contribution in [1.82, 2.24) is 15.1 Å². The molecule has 0 aliphatic rings. The third-order valence-electron chi connectivity index (χ3n) is 1.77. The minimum Gasteiger partial charge on any atom is -0.308 e. The van der Waals surface area contributed by atoms with Gasteiger partial charge in [-0.25, -0.2) is 0 Å². The molecule has 0 unspecified atom stereocenters. The third-order valence-corrected chi connectivity index (χ3v) is 1.77. The monoisotopic (exact) mass is 168 g/mol. The Morgan fingerprint density at radius 1 is 1.42 bits per heavy atom. The van der Waals surface area contributed by atoms with E-state index in [0.29, 0.717) is 5.92 Å². The summed E-state index contributed by atoms with van der Waals surface area (Å²) in [4.78, 5) is 1.73. The lowest BCUT2D eigenvalue weighted by Gasteiger charge is -2.08. The number of hydrogen-bond donors (Lipinski definition) is 1. The molecule has 12 heavy (non-hydrogen) atoms. The van der Waals surface area contributed by atoms with Crippen molar-refractivity contribution < 1.29 is 0 Å². The molecule has 1 rings (SSSR count). The van der Waals surface area contributed by atoms with Gasteiger partial charge in [0.05, 0.1) is 11.4 Å². The number of hydrogen-bond acceptors (Lipinski definition) is 3. The van der Waals surface area contributed by atoms with Crippen molar-refractivity contribution in [1.29, 1.82) is 0 Å². The van der Waals surface area contributed by atoms with Crippen LogP contribution < -0.4 is 5.43 Å². The van der Waals surface area contributed by atoms with E-state index in [1.54, 1.807) is 4.79 Å². The van der Waals surface area contributed by atoms with Crippen LogP contribution in [0.4, 0.5) is 0 Å². The molecule has 0 aliphatic heterocycles. The lowest BCUT2D eigenvalue weighted by Crippen LogP contribution is -2.22. The van der Waals surface area contributed by atoms with E-state index in [-0.39, 0.29) is 0 Å². The van der Waals surface area contributed by atoms with Gasteiger partial charge in [0.25, 0.3) is 0 Å². The maximum Gasteiger partial charge on any atom is 0.0847 e. The Morgan fingerprint density at radius 3 is 2.50 bits per heavy atom. The topological polar surface area (TPSA) is 42.7 Å². The third kappa shape index (κ3) is 1.96. The molecule has 0 saturated heterocycles. The van der Waals surface area contributed by atoms with Crippen LogP contribution in [0.1, 0.15) is 25.2 Å². The molecule has 0 saturated carbocycles. The summed E-state index contributed by atoms with van der Waals surface area (Å²) in [5, 5.41) is 7.89. The Hall–Kier alpha value is -1.06. The zero-order chi connectivity index (χ0) is 9.14. The molecular weight excluding hydrogens is 152 g/mol. The standard InChI is InChI=1S/C8H16N4/c1-6(2)5-9-12-8(4)7(3)10-11-12/h6,9H,5H2,1-4H3. The summed E-state index contributed by atoms with van der Waals surface area (Å²) in [6, 6.07) is 0. The second kappa shape index (κ2) is 3.56. The average molecular weight is 168 g/mol. The van der Waals surface area contributed by atoms with E-state index in [0.717, 1.165) is 17.9 Å². The fourth-order valence-electron chi connectivity index (χ4n) is 0.824. The first-order valence-corrected chi connectivity index (χ1v) is 4.24. The van der Waals surface area contributed by atoms with Gasteiger partial charge in [-0.05, 0) is 25.0 Å². The summed E-state index contributed by atoms with van der Waals surface area (Å²) < 4.78 is 0. The first-order chi connectivity index (χ1) is 5.61. The molecule has 4 nitrogen and oxygen atoms in total. The van der Waals surface area contributed by atoms with Gasteiger partial charge in [0.2, 0.25) is 0 Å². The minimum absolute atomic E-state index is 0.619. The molecule has 68 valence electrons. The van der Waals surface area contributed by atoms with E-state index in [4.69, 9.17) is 0 Å². The van der Waals surface area contributed by atoms with Crippen LogP contribution in [0.15, 0.2) is 0 Å². The van der Waals surface area contributed by atoms with Crippen molar-refractivity contribution in [3.05, 3.63) is 11.4 Å². The maximum atomic E-state index is 3.94. The Balaban J connectivity index is 2.58. The molecule has 0 spiro atoms. The Bertz CT molecular complexity index is 252. The van der Waals surface area contributed by atoms with Gasteiger partial charge in [-0.2, -0.15) is 4.79 Å². The van der Waals surface area contributed by atoms with Gasteiger partial charge in [-0.15, -0.1) is 5.10 Å². The Labute approximate surface area is 72.9 Å². The van der Waals surface area contributed by atoms with E-state index >= 15 is 0 Å². The van der Waals surface area contributed by atoms with Crippen molar-refractivity contribution in [2.24, 2.45) is 5.92 Å². The summed E-state index contributed by atoms with van der Waals surface area (Å²) in [6.45, 7) is 9.19. The number of nitrogens with zero attached hydrogens (tertiary/aromatic N) is 3. The first-order valence-electron chi connectivity index (χ1n) is 4.24. The minimum atomic E-state index is 0.619. The highest BCUT2D eigenvalue weighted by molar-refractivity contribution is 5.05. The van der Waals surface area contributed by atoms with Crippen LogP contribution in [0.3, 0.4) is 0 Å². The molecule has 1 aromatic rings. The molecular formula is C8H16N4. The van der Waals surface area contributed by atoms with Gasteiger partial charge in [0, 0.05) is 6.54 Å². The van der Waals surface area contributed by atoms with E-state index in [1.807, 2.05) is 13.8 Å². The van der Waals surface area contributed by atoms with E-state index in [9.17, 15) is 0 Å². The normalized spacial score (nSPS) is 10.8. The van der Waals surface area contributed by atoms with Crippen LogP contribution in [-0.4, -0.2) is 21.6 Å². The summed E-state index contributed by atoms with van der Waals surface area (Å²) in [6.07, 6.45) is 0. The predicted octanol–water partition coefficient (Wildman–Crippen LogP) is 1.09. The van der Waals surface area contributed by atoms with Gasteiger partial charge in [0.15, 0.2) is 0 Å². The summed E-state index contributed by atoms with van der Waals surface area (Å²) in [5.41, 5.74) is 5.23. The molecule has 4 heteroatoms. The van der Waals surface area contributed by atoms with Gasteiger partial charge < -0.3 is 5.43 Å². The molecule has 1 N–H and O–H groups in total. The highest BCUT2D eigenvalue weighted by Crippen LogP contribution is 1.99. The van der Waals surface area contributed by atoms with Crippen LogP contribution >= 0.6 is 0 Å². The maximum absolute atomic E-state index is 3.94. The zero-order valence-corrected chi connectivity index (χ0v) is 8.13. The second-order valence-corrected chi connectivity index (χ2v) is 3.43. The Kier molecular flexibility index (Phi) is 2.68. The smallest absolute Gasteiger partial charge is 0.0847 e. The lowest BCUT2D eigenvalue weighted by molar-refractivity contribution is 0.594. The number of rotatable bonds is 3. The van der Waals surface area contributed by atoms with Crippen LogP contribution in [-0.2, 0) is 0 Å². The fourth-order valence-corrected chi connectivity index (χ4v) is 0.824. The van der Waals surface area contributed by atoms with Gasteiger partial charge >= 0.3 is 0 Å². The number of aromatic nitrogens is 3. The fraction of sp³-hybridized carbons (Fsp3) is 0.750. The summed E-state index contributed by atoms with van der Waals surface area (Å²) in [5.74, 6) is 0.619. The predicted molar refractivity (Wildman–Crippen MR) is 48.6 cm³/mol. The summed E-state index contributed by atoms with van der Waals surface area (Å²) in [7, 11) is 0. The van der Waals surface area contributed by atoms with Crippen molar-refractivity contribution in [3.63, 3.8) is 0 Å².